The molecule has 1 aliphatic heterocycles. The predicted octanol–water partition coefficient (Wildman–Crippen LogP) is 6.40. The predicted molar refractivity (Wildman–Crippen MR) is 107 cm³/mol. The lowest BCUT2D eigenvalue weighted by molar-refractivity contribution is 0.227. The molecule has 1 saturated heterocycles. The van der Waals surface area contributed by atoms with Crippen molar-refractivity contribution in [3.05, 3.63) is 29.8 Å². The number of benzene rings is 1. The quantitative estimate of drug-likeness (QED) is 0.436. The van der Waals surface area contributed by atoms with Crippen molar-refractivity contribution < 1.29 is 4.74 Å². The Hall–Kier alpha value is -0.803. The van der Waals surface area contributed by atoms with Gasteiger partial charge in [0.1, 0.15) is 14.0 Å². The molecule has 2 nitrogen and oxygen atoms in total. The number of rotatable bonds is 6. The molecule has 1 unspecified atom stereocenters. The summed E-state index contributed by atoms with van der Waals surface area (Å²) in [6, 6.07) is 9.29. The standard InChI is InChI=1S/C21H37NOSi/c1-7-8-17-23-20-15-10-9-13-18(20)19-14-11-12-16-22(19)24(5,6)21(2,3)4/h9-10,13,15,19H,7-8,11-12,14,16-17H2,1-6H3. The third kappa shape index (κ3) is 4.23. The molecule has 0 aromatic heterocycles. The molecule has 1 aromatic carbocycles. The highest BCUT2D eigenvalue weighted by Gasteiger charge is 2.45. The Balaban J connectivity index is 2.31. The molecule has 136 valence electrons. The largest absolute Gasteiger partial charge is 0.493 e. The molecule has 3 heteroatoms. The van der Waals surface area contributed by atoms with Crippen molar-refractivity contribution in [2.75, 3.05) is 13.2 Å². The number of hydrogen-bond donors (Lipinski definition) is 0. The summed E-state index contributed by atoms with van der Waals surface area (Å²) in [6.07, 6.45) is 6.24. The monoisotopic (exact) mass is 347 g/mol. The van der Waals surface area contributed by atoms with Gasteiger partial charge in [0.2, 0.25) is 0 Å². The van der Waals surface area contributed by atoms with Crippen LogP contribution in [-0.2, 0) is 0 Å². The highest BCUT2D eigenvalue weighted by Crippen LogP contribution is 2.46. The van der Waals surface area contributed by atoms with Crippen molar-refractivity contribution in [1.82, 2.24) is 4.57 Å². The summed E-state index contributed by atoms with van der Waals surface area (Å²) in [5, 5.41) is 0.376. The molecule has 1 aromatic rings. The number of nitrogens with zero attached hydrogens (tertiary/aromatic N) is 1. The Morgan fingerprint density at radius 1 is 1.17 bits per heavy atom. The van der Waals surface area contributed by atoms with Crippen LogP contribution in [0.3, 0.4) is 0 Å². The number of ether oxygens (including phenoxy) is 1. The fraction of sp³-hybridized carbons (Fsp3) is 0.714. The summed E-state index contributed by atoms with van der Waals surface area (Å²) in [6.45, 7) is 16.7. The van der Waals surface area contributed by atoms with E-state index in [9.17, 15) is 0 Å². The zero-order valence-electron chi connectivity index (χ0n) is 16.7. The van der Waals surface area contributed by atoms with Crippen LogP contribution in [0, 0.1) is 0 Å². The lowest BCUT2D eigenvalue weighted by Gasteiger charge is -2.51. The van der Waals surface area contributed by atoms with Crippen LogP contribution in [0.4, 0.5) is 0 Å². The SMILES string of the molecule is CCCCOc1ccccc1C1CCCCN1[Si](C)(C)C(C)(C)C. The van der Waals surface area contributed by atoms with Gasteiger partial charge >= 0.3 is 0 Å². The Labute approximate surface area is 150 Å². The minimum atomic E-state index is -1.53. The average Bonchev–Trinajstić information content (AvgIpc) is 2.54. The van der Waals surface area contributed by atoms with E-state index in [0.717, 1.165) is 18.8 Å². The van der Waals surface area contributed by atoms with E-state index in [1.807, 2.05) is 0 Å². The number of hydrogen-bond acceptors (Lipinski definition) is 2. The molecule has 0 saturated carbocycles. The number of piperidine rings is 1. The van der Waals surface area contributed by atoms with E-state index in [0.29, 0.717) is 11.1 Å². The normalized spacial score (nSPS) is 20.2. The first-order chi connectivity index (χ1) is 11.3. The van der Waals surface area contributed by atoms with Gasteiger partial charge in [0, 0.05) is 11.6 Å². The maximum atomic E-state index is 6.17. The van der Waals surface area contributed by atoms with Gasteiger partial charge < -0.3 is 9.30 Å². The first-order valence-electron chi connectivity index (χ1n) is 9.77. The smallest absolute Gasteiger partial charge is 0.128 e. The molecule has 0 aliphatic carbocycles. The summed E-state index contributed by atoms with van der Waals surface area (Å²) in [5.41, 5.74) is 1.41. The maximum Gasteiger partial charge on any atom is 0.128 e. The van der Waals surface area contributed by atoms with Gasteiger partial charge in [0.25, 0.3) is 0 Å². The lowest BCUT2D eigenvalue weighted by atomic mass is 9.96. The van der Waals surface area contributed by atoms with Gasteiger partial charge in [-0.25, -0.2) is 0 Å². The average molecular weight is 348 g/mol. The van der Waals surface area contributed by atoms with Crippen LogP contribution < -0.4 is 4.74 Å². The van der Waals surface area contributed by atoms with E-state index in [2.05, 4.69) is 69.6 Å². The zero-order chi connectivity index (χ0) is 17.8. The van der Waals surface area contributed by atoms with Crippen LogP contribution in [0.1, 0.15) is 71.4 Å². The van der Waals surface area contributed by atoms with Crippen LogP contribution in [-0.4, -0.2) is 26.0 Å². The van der Waals surface area contributed by atoms with Crippen LogP contribution in [0.15, 0.2) is 24.3 Å². The van der Waals surface area contributed by atoms with Crippen LogP contribution in [0.2, 0.25) is 18.1 Å². The van der Waals surface area contributed by atoms with Gasteiger partial charge in [-0.05, 0) is 36.9 Å². The molecule has 0 amide bonds. The van der Waals surface area contributed by atoms with Crippen molar-refractivity contribution in [2.24, 2.45) is 0 Å². The van der Waals surface area contributed by atoms with Crippen molar-refractivity contribution in [3.63, 3.8) is 0 Å². The summed E-state index contributed by atoms with van der Waals surface area (Å²) in [4.78, 5) is 0. The Kier molecular flexibility index (Phi) is 6.55. The molecule has 0 spiro atoms. The van der Waals surface area contributed by atoms with Crippen molar-refractivity contribution >= 4 is 8.24 Å². The second kappa shape index (κ2) is 8.05. The van der Waals surface area contributed by atoms with E-state index in [-0.39, 0.29) is 0 Å². The summed E-state index contributed by atoms with van der Waals surface area (Å²) in [5.74, 6) is 1.11. The first-order valence-corrected chi connectivity index (χ1v) is 12.7. The summed E-state index contributed by atoms with van der Waals surface area (Å²) >= 11 is 0. The second-order valence-electron chi connectivity index (χ2n) is 8.75. The molecule has 2 rings (SSSR count). The molecular formula is C21H37NOSi. The van der Waals surface area contributed by atoms with Gasteiger partial charge in [-0.15, -0.1) is 0 Å². The number of unbranched alkanes of at least 4 members (excludes halogenated alkanes) is 1. The topological polar surface area (TPSA) is 12.5 Å². The molecule has 1 aliphatic rings. The van der Waals surface area contributed by atoms with Crippen molar-refractivity contribution in [2.45, 2.75) is 84.0 Å². The molecule has 24 heavy (non-hydrogen) atoms. The highest BCUT2D eigenvalue weighted by atomic mass is 28.3. The molecular weight excluding hydrogens is 310 g/mol. The lowest BCUT2D eigenvalue weighted by Crippen LogP contribution is -2.57. The second-order valence-corrected chi connectivity index (χ2v) is 13.9. The van der Waals surface area contributed by atoms with Gasteiger partial charge in [-0.1, -0.05) is 71.8 Å². The Bertz CT molecular complexity index is 521. The fourth-order valence-corrected chi connectivity index (χ4v) is 6.19. The molecule has 0 N–H and O–H groups in total. The van der Waals surface area contributed by atoms with E-state index in [1.165, 1.54) is 37.8 Å². The van der Waals surface area contributed by atoms with E-state index >= 15 is 0 Å². The van der Waals surface area contributed by atoms with Crippen molar-refractivity contribution in [3.8, 4) is 5.75 Å². The molecule has 1 fully saturated rings. The van der Waals surface area contributed by atoms with E-state index in [1.54, 1.807) is 0 Å². The minimum Gasteiger partial charge on any atom is -0.493 e. The zero-order valence-corrected chi connectivity index (χ0v) is 17.7. The molecule has 0 radical (unpaired) electrons. The van der Waals surface area contributed by atoms with E-state index < -0.39 is 8.24 Å². The van der Waals surface area contributed by atoms with Gasteiger partial charge in [-0.3, -0.25) is 0 Å². The molecule has 1 heterocycles. The highest BCUT2D eigenvalue weighted by molar-refractivity contribution is 6.77. The van der Waals surface area contributed by atoms with Gasteiger partial charge in [0.05, 0.1) is 6.61 Å². The van der Waals surface area contributed by atoms with Gasteiger partial charge in [0.15, 0.2) is 0 Å². The fourth-order valence-electron chi connectivity index (χ4n) is 3.57. The summed E-state index contributed by atoms with van der Waals surface area (Å²) in [7, 11) is -1.53. The Morgan fingerprint density at radius 2 is 1.88 bits per heavy atom. The third-order valence-corrected chi connectivity index (χ3v) is 11.7. The number of para-hydroxylation sites is 1. The minimum absolute atomic E-state index is 0.376. The summed E-state index contributed by atoms with van der Waals surface area (Å²) < 4.78 is 9.04. The van der Waals surface area contributed by atoms with Crippen LogP contribution >= 0.6 is 0 Å². The van der Waals surface area contributed by atoms with E-state index in [4.69, 9.17) is 4.74 Å². The van der Waals surface area contributed by atoms with Crippen LogP contribution in [0.25, 0.3) is 0 Å². The Morgan fingerprint density at radius 3 is 2.54 bits per heavy atom. The molecule has 1 atom stereocenters. The third-order valence-electron chi connectivity index (χ3n) is 6.09. The van der Waals surface area contributed by atoms with Crippen LogP contribution in [0.5, 0.6) is 5.75 Å². The maximum absolute atomic E-state index is 6.17. The first kappa shape index (κ1) is 19.5. The van der Waals surface area contributed by atoms with Gasteiger partial charge in [-0.2, -0.15) is 0 Å². The van der Waals surface area contributed by atoms with Crippen molar-refractivity contribution in [1.29, 1.82) is 0 Å². The molecule has 0 bridgehead atoms.